The van der Waals surface area contributed by atoms with Gasteiger partial charge in [0.05, 0.1) is 6.61 Å². The van der Waals surface area contributed by atoms with Gasteiger partial charge in [0.25, 0.3) is 0 Å². The Bertz CT molecular complexity index is 692. The van der Waals surface area contributed by atoms with E-state index in [1.54, 1.807) is 0 Å². The molecule has 0 rings (SSSR count). The van der Waals surface area contributed by atoms with E-state index in [0.29, 0.717) is 19.4 Å². The fourth-order valence-corrected chi connectivity index (χ4v) is 7.70. The Morgan fingerprint density at radius 1 is 0.308 bits per heavy atom. The smallest absolute Gasteiger partial charge is 0.305 e. The normalized spacial score (nSPS) is 11.4. The number of esters is 1. The van der Waals surface area contributed by atoms with Gasteiger partial charge in [-0.3, -0.25) is 9.59 Å². The summed E-state index contributed by atoms with van der Waals surface area (Å²) < 4.78 is 5.48. The number of carbonyl (C=O) groups excluding carboxylic acids is 1. The highest BCUT2D eigenvalue weighted by molar-refractivity contribution is 5.69. The Kier molecular flexibility index (Phi) is 45.2. The summed E-state index contributed by atoms with van der Waals surface area (Å²) in [6.07, 6.45) is 57.4. The SMILES string of the molecule is CCCCCCCCCCCCCCCCCC(=O)OCCCCCCCCCCCCCCCCCCCCCCCCCCCCCC(=O)O. The molecule has 0 aromatic heterocycles. The molecule has 0 saturated carbocycles. The molecule has 0 aromatic carbocycles. The minimum absolute atomic E-state index is 0.0236. The summed E-state index contributed by atoms with van der Waals surface area (Å²) in [4.78, 5) is 22.5. The second kappa shape index (κ2) is 46.1. The summed E-state index contributed by atoms with van der Waals surface area (Å²) in [6, 6.07) is 0. The van der Waals surface area contributed by atoms with E-state index >= 15 is 0 Å². The van der Waals surface area contributed by atoms with Crippen LogP contribution in [0.3, 0.4) is 0 Å². The number of carbonyl (C=O) groups is 2. The Balaban J connectivity index is 3.13. The molecule has 0 spiro atoms. The van der Waals surface area contributed by atoms with Crippen LogP contribution >= 0.6 is 0 Å². The van der Waals surface area contributed by atoms with Crippen molar-refractivity contribution in [1.29, 1.82) is 0 Å². The molecular weight excluding hydrogens is 641 g/mol. The summed E-state index contributed by atoms with van der Waals surface area (Å²) in [6.45, 7) is 2.91. The van der Waals surface area contributed by atoms with Gasteiger partial charge in [-0.1, -0.05) is 257 Å². The Hall–Kier alpha value is -1.06. The number of carboxylic acid groups (broad SMARTS) is 1. The maximum Gasteiger partial charge on any atom is 0.305 e. The second-order valence-corrected chi connectivity index (χ2v) is 16.6. The summed E-state index contributed by atoms with van der Waals surface area (Å²) in [5.74, 6) is -0.630. The van der Waals surface area contributed by atoms with E-state index in [0.717, 1.165) is 25.7 Å². The largest absolute Gasteiger partial charge is 0.481 e. The zero-order valence-corrected chi connectivity index (χ0v) is 35.5. The van der Waals surface area contributed by atoms with E-state index in [1.165, 1.54) is 244 Å². The van der Waals surface area contributed by atoms with Gasteiger partial charge in [0.1, 0.15) is 0 Å². The number of carboxylic acids is 1. The molecule has 0 bridgehead atoms. The van der Waals surface area contributed by atoms with Crippen LogP contribution in [0, 0.1) is 0 Å². The molecule has 0 aromatic rings. The number of unbranched alkanes of at least 4 members (excludes halogenated alkanes) is 40. The van der Waals surface area contributed by atoms with Gasteiger partial charge in [-0.05, 0) is 19.3 Å². The fourth-order valence-electron chi connectivity index (χ4n) is 7.70. The first-order valence-electron chi connectivity index (χ1n) is 24.0. The molecule has 1 N–H and O–H groups in total. The van der Waals surface area contributed by atoms with Crippen LogP contribution in [0.5, 0.6) is 0 Å². The Morgan fingerprint density at radius 2 is 0.519 bits per heavy atom. The molecule has 0 aliphatic heterocycles. The van der Waals surface area contributed by atoms with E-state index in [4.69, 9.17) is 9.84 Å². The molecule has 4 nitrogen and oxygen atoms in total. The molecule has 0 radical (unpaired) electrons. The summed E-state index contributed by atoms with van der Waals surface area (Å²) in [7, 11) is 0. The average molecular weight is 735 g/mol. The lowest BCUT2D eigenvalue weighted by Gasteiger charge is -2.06. The van der Waals surface area contributed by atoms with Crippen LogP contribution in [-0.2, 0) is 14.3 Å². The van der Waals surface area contributed by atoms with Crippen molar-refractivity contribution in [2.24, 2.45) is 0 Å². The van der Waals surface area contributed by atoms with Crippen molar-refractivity contribution in [2.75, 3.05) is 6.61 Å². The maximum atomic E-state index is 12.0. The van der Waals surface area contributed by atoms with Crippen molar-refractivity contribution < 1.29 is 19.4 Å². The second-order valence-electron chi connectivity index (χ2n) is 16.6. The zero-order chi connectivity index (χ0) is 37.7. The number of rotatable bonds is 46. The van der Waals surface area contributed by atoms with Gasteiger partial charge in [0.15, 0.2) is 0 Å². The lowest BCUT2D eigenvalue weighted by atomic mass is 10.0. The molecule has 4 heteroatoms. The lowest BCUT2D eigenvalue weighted by Crippen LogP contribution is -2.05. The van der Waals surface area contributed by atoms with Crippen molar-refractivity contribution in [3.8, 4) is 0 Å². The van der Waals surface area contributed by atoms with Gasteiger partial charge in [-0.25, -0.2) is 0 Å². The molecule has 0 unspecified atom stereocenters. The van der Waals surface area contributed by atoms with Gasteiger partial charge in [-0.15, -0.1) is 0 Å². The predicted octanol–water partition coefficient (Wildman–Crippen LogP) is 16.8. The van der Waals surface area contributed by atoms with Crippen LogP contribution in [0.2, 0.25) is 0 Å². The highest BCUT2D eigenvalue weighted by Crippen LogP contribution is 2.17. The van der Waals surface area contributed by atoms with Crippen LogP contribution in [0.1, 0.15) is 289 Å². The Morgan fingerprint density at radius 3 is 0.769 bits per heavy atom. The highest BCUT2D eigenvalue weighted by atomic mass is 16.5. The fraction of sp³-hybridized carbons (Fsp3) is 0.958. The minimum atomic E-state index is -0.653. The van der Waals surface area contributed by atoms with Crippen LogP contribution in [-0.4, -0.2) is 23.7 Å². The molecule has 0 saturated heterocycles. The van der Waals surface area contributed by atoms with Gasteiger partial charge in [0, 0.05) is 12.8 Å². The van der Waals surface area contributed by atoms with E-state index in [9.17, 15) is 9.59 Å². The Labute approximate surface area is 326 Å². The molecule has 310 valence electrons. The number of hydrogen-bond donors (Lipinski definition) is 1. The monoisotopic (exact) mass is 735 g/mol. The topological polar surface area (TPSA) is 63.6 Å². The maximum absolute atomic E-state index is 12.0. The van der Waals surface area contributed by atoms with E-state index in [-0.39, 0.29) is 5.97 Å². The summed E-state index contributed by atoms with van der Waals surface area (Å²) >= 11 is 0. The minimum Gasteiger partial charge on any atom is -0.481 e. The molecule has 0 fully saturated rings. The van der Waals surface area contributed by atoms with Crippen molar-refractivity contribution in [3.63, 3.8) is 0 Å². The predicted molar refractivity (Wildman–Crippen MR) is 227 cm³/mol. The molecular formula is C48H94O4. The number of hydrogen-bond acceptors (Lipinski definition) is 3. The van der Waals surface area contributed by atoms with Crippen LogP contribution < -0.4 is 0 Å². The molecule has 52 heavy (non-hydrogen) atoms. The lowest BCUT2D eigenvalue weighted by molar-refractivity contribution is -0.144. The molecule has 0 amide bonds. The van der Waals surface area contributed by atoms with Crippen molar-refractivity contribution in [2.45, 2.75) is 289 Å². The molecule has 0 aliphatic rings. The first kappa shape index (κ1) is 50.9. The molecule has 0 atom stereocenters. The average Bonchev–Trinajstić information content (AvgIpc) is 3.13. The van der Waals surface area contributed by atoms with E-state index in [2.05, 4.69) is 6.92 Å². The quantitative estimate of drug-likeness (QED) is 0.0499. The first-order valence-corrected chi connectivity index (χ1v) is 24.0. The summed E-state index contributed by atoms with van der Waals surface area (Å²) in [5, 5.41) is 8.66. The van der Waals surface area contributed by atoms with Crippen molar-refractivity contribution in [3.05, 3.63) is 0 Å². The van der Waals surface area contributed by atoms with Gasteiger partial charge in [-0.2, -0.15) is 0 Å². The van der Waals surface area contributed by atoms with Crippen LogP contribution in [0.25, 0.3) is 0 Å². The van der Waals surface area contributed by atoms with Gasteiger partial charge < -0.3 is 9.84 Å². The zero-order valence-electron chi connectivity index (χ0n) is 35.5. The highest BCUT2D eigenvalue weighted by Gasteiger charge is 2.03. The van der Waals surface area contributed by atoms with Crippen LogP contribution in [0.15, 0.2) is 0 Å². The third-order valence-corrected chi connectivity index (χ3v) is 11.3. The van der Waals surface area contributed by atoms with Crippen LogP contribution in [0.4, 0.5) is 0 Å². The third-order valence-electron chi connectivity index (χ3n) is 11.3. The molecule has 0 aliphatic carbocycles. The van der Waals surface area contributed by atoms with Crippen molar-refractivity contribution >= 4 is 11.9 Å². The van der Waals surface area contributed by atoms with E-state index in [1.807, 2.05) is 0 Å². The molecule has 0 heterocycles. The van der Waals surface area contributed by atoms with Crippen molar-refractivity contribution in [1.82, 2.24) is 0 Å². The first-order chi connectivity index (χ1) is 25.7. The standard InChI is InChI=1S/C48H94O4/c1-2-3-4-5-6-7-8-9-23-27-30-33-36-39-42-45-48(51)52-46-43-40-37-34-31-28-25-22-20-18-16-14-12-10-11-13-15-17-19-21-24-26-29-32-35-38-41-44-47(49)50/h2-46H2,1H3,(H,49,50). The third kappa shape index (κ3) is 47.0. The summed E-state index contributed by atoms with van der Waals surface area (Å²) in [5.41, 5.74) is 0. The number of aliphatic carboxylic acids is 1. The van der Waals surface area contributed by atoms with Gasteiger partial charge >= 0.3 is 11.9 Å². The van der Waals surface area contributed by atoms with E-state index < -0.39 is 5.97 Å². The number of ether oxygens (including phenoxy) is 1. The van der Waals surface area contributed by atoms with Gasteiger partial charge in [0.2, 0.25) is 0 Å².